The van der Waals surface area contributed by atoms with Crippen molar-refractivity contribution in [1.29, 1.82) is 0 Å². The van der Waals surface area contributed by atoms with E-state index < -0.39 is 0 Å². The van der Waals surface area contributed by atoms with E-state index >= 15 is 0 Å². The van der Waals surface area contributed by atoms with Crippen LogP contribution in [0.15, 0.2) is 22.7 Å². The minimum Gasteiger partial charge on any atom is -0.490 e. The molecule has 4 nitrogen and oxygen atoms in total. The second-order valence-electron chi connectivity index (χ2n) is 6.50. The van der Waals surface area contributed by atoms with Gasteiger partial charge in [-0.05, 0) is 37.2 Å². The Morgan fingerprint density at radius 2 is 1.58 bits per heavy atom. The molecule has 0 heterocycles. The summed E-state index contributed by atoms with van der Waals surface area (Å²) >= 11 is 3.66. The summed E-state index contributed by atoms with van der Waals surface area (Å²) in [6, 6.07) is 6.04. The highest BCUT2D eigenvalue weighted by Gasteiger charge is 2.43. The molecule has 2 N–H and O–H groups in total. The van der Waals surface area contributed by atoms with Gasteiger partial charge in [0, 0.05) is 26.4 Å². The lowest BCUT2D eigenvalue weighted by molar-refractivity contribution is 0.198. The van der Waals surface area contributed by atoms with E-state index in [-0.39, 0.29) is 19.8 Å². The second-order valence-corrected chi connectivity index (χ2v) is 7.35. The molecule has 24 heavy (non-hydrogen) atoms. The number of halogens is 1. The first kappa shape index (κ1) is 16.2. The van der Waals surface area contributed by atoms with Crippen LogP contribution in [0.5, 0.6) is 11.5 Å². The fourth-order valence-electron chi connectivity index (χ4n) is 4.39. The number of benzene rings is 2. The van der Waals surface area contributed by atoms with Crippen molar-refractivity contribution in [3.05, 3.63) is 33.8 Å². The van der Waals surface area contributed by atoms with Gasteiger partial charge in [0.05, 0.1) is 13.2 Å². The summed E-state index contributed by atoms with van der Waals surface area (Å²) in [6.07, 6.45) is 3.52. The lowest BCUT2D eigenvalue weighted by Gasteiger charge is -2.25. The minimum absolute atomic E-state index is 0.00112. The Hall–Kier alpha value is -1.30. The molecular weight excluding hydrogens is 372 g/mol. The molecule has 1 fully saturated rings. The van der Waals surface area contributed by atoms with E-state index in [1.54, 1.807) is 0 Å². The summed E-state index contributed by atoms with van der Waals surface area (Å²) in [4.78, 5) is 0. The number of aliphatic hydroxyl groups is 2. The van der Waals surface area contributed by atoms with Crippen LogP contribution in [0.25, 0.3) is 10.8 Å². The maximum Gasteiger partial charge on any atom is 0.132 e. The highest BCUT2D eigenvalue weighted by Crippen LogP contribution is 2.61. The van der Waals surface area contributed by atoms with E-state index in [1.165, 1.54) is 24.0 Å². The van der Waals surface area contributed by atoms with Crippen molar-refractivity contribution in [2.24, 2.45) is 0 Å². The highest BCUT2D eigenvalue weighted by molar-refractivity contribution is 9.10. The predicted molar refractivity (Wildman–Crippen MR) is 96.1 cm³/mol. The van der Waals surface area contributed by atoms with Crippen LogP contribution in [-0.4, -0.2) is 36.6 Å². The van der Waals surface area contributed by atoms with Gasteiger partial charge in [0.2, 0.25) is 0 Å². The molecule has 2 aliphatic carbocycles. The van der Waals surface area contributed by atoms with Crippen LogP contribution in [0.2, 0.25) is 0 Å². The number of fused-ring (bicyclic) bond motifs is 6. The normalized spacial score (nSPS) is 21.3. The van der Waals surface area contributed by atoms with E-state index in [9.17, 15) is 10.2 Å². The van der Waals surface area contributed by atoms with Crippen LogP contribution >= 0.6 is 15.9 Å². The largest absolute Gasteiger partial charge is 0.490 e. The Kier molecular flexibility index (Phi) is 4.41. The topological polar surface area (TPSA) is 58.9 Å². The molecule has 0 amide bonds. The molecule has 1 saturated carbocycles. The molecule has 0 aliphatic heterocycles. The van der Waals surface area contributed by atoms with E-state index in [0.29, 0.717) is 18.4 Å². The monoisotopic (exact) mass is 392 g/mol. The van der Waals surface area contributed by atoms with E-state index in [2.05, 4.69) is 15.9 Å². The fraction of sp³-hybridized carbons (Fsp3) is 0.474. The number of hydrogen-bond acceptors (Lipinski definition) is 4. The summed E-state index contributed by atoms with van der Waals surface area (Å²) in [7, 11) is 0. The Labute approximate surface area is 149 Å². The third-order valence-corrected chi connectivity index (χ3v) is 5.85. The molecule has 2 aliphatic rings. The van der Waals surface area contributed by atoms with Gasteiger partial charge in [0.15, 0.2) is 0 Å². The van der Waals surface area contributed by atoms with Crippen LogP contribution in [0.4, 0.5) is 0 Å². The van der Waals surface area contributed by atoms with Crippen LogP contribution in [0.1, 0.15) is 42.2 Å². The Bertz CT molecular complexity index is 774. The Morgan fingerprint density at radius 3 is 2.25 bits per heavy atom. The third-order valence-electron chi connectivity index (χ3n) is 5.19. The smallest absolute Gasteiger partial charge is 0.132 e. The minimum atomic E-state index is -0.00240. The molecule has 0 aromatic heterocycles. The molecule has 4 rings (SSSR count). The number of rotatable bonds is 6. The second kappa shape index (κ2) is 6.54. The van der Waals surface area contributed by atoms with Crippen LogP contribution < -0.4 is 9.47 Å². The first-order chi connectivity index (χ1) is 11.8. The summed E-state index contributed by atoms with van der Waals surface area (Å²) < 4.78 is 13.0. The third kappa shape index (κ3) is 2.41. The Morgan fingerprint density at radius 1 is 0.958 bits per heavy atom. The summed E-state index contributed by atoms with van der Waals surface area (Å²) in [5, 5.41) is 20.5. The molecule has 2 aromatic rings. The van der Waals surface area contributed by atoms with Crippen molar-refractivity contribution in [2.75, 3.05) is 26.4 Å². The van der Waals surface area contributed by atoms with Crippen molar-refractivity contribution in [3.63, 3.8) is 0 Å². The van der Waals surface area contributed by atoms with Gasteiger partial charge in [-0.15, -0.1) is 0 Å². The van der Waals surface area contributed by atoms with Gasteiger partial charge in [0.25, 0.3) is 0 Å². The molecule has 0 saturated heterocycles. The molecule has 5 heteroatoms. The zero-order valence-electron chi connectivity index (χ0n) is 13.4. The molecule has 2 unspecified atom stereocenters. The molecule has 2 bridgehead atoms. The van der Waals surface area contributed by atoms with Crippen LogP contribution in [0, 0.1) is 0 Å². The fourth-order valence-corrected chi connectivity index (χ4v) is 4.93. The zero-order chi connectivity index (χ0) is 16.7. The van der Waals surface area contributed by atoms with Gasteiger partial charge in [0.1, 0.15) is 24.7 Å². The van der Waals surface area contributed by atoms with E-state index in [1.807, 2.05) is 18.2 Å². The average molecular weight is 393 g/mol. The van der Waals surface area contributed by atoms with Gasteiger partial charge in [-0.2, -0.15) is 0 Å². The SMILES string of the molecule is OCCOc1c2c(c(OCCO)c3c(Br)cccc13)C1CCC2C1. The molecule has 128 valence electrons. The molecule has 0 spiro atoms. The van der Waals surface area contributed by atoms with Crippen molar-refractivity contribution >= 4 is 26.7 Å². The number of ether oxygens (including phenoxy) is 2. The van der Waals surface area contributed by atoms with Gasteiger partial charge < -0.3 is 19.7 Å². The van der Waals surface area contributed by atoms with Crippen LogP contribution in [-0.2, 0) is 0 Å². The lowest BCUT2D eigenvalue weighted by Crippen LogP contribution is -2.11. The average Bonchev–Trinajstić information content (AvgIpc) is 3.20. The standard InChI is InChI=1S/C19H21BrO4/c20-14-3-1-2-13-17(14)19(24-9-7-22)16-12-5-4-11(10-12)15(16)18(13)23-8-6-21/h1-3,11-12,21-22H,4-10H2. The van der Waals surface area contributed by atoms with Crippen molar-refractivity contribution in [2.45, 2.75) is 31.1 Å². The first-order valence-corrected chi connectivity index (χ1v) is 9.30. The first-order valence-electron chi connectivity index (χ1n) is 8.51. The van der Waals surface area contributed by atoms with Gasteiger partial charge in [-0.1, -0.05) is 28.1 Å². The number of hydrogen-bond donors (Lipinski definition) is 2. The van der Waals surface area contributed by atoms with Crippen molar-refractivity contribution in [1.82, 2.24) is 0 Å². The van der Waals surface area contributed by atoms with Crippen molar-refractivity contribution in [3.8, 4) is 11.5 Å². The molecule has 2 atom stereocenters. The Balaban J connectivity index is 2.01. The van der Waals surface area contributed by atoms with Gasteiger partial charge in [-0.25, -0.2) is 0 Å². The van der Waals surface area contributed by atoms with Gasteiger partial charge >= 0.3 is 0 Å². The molecular formula is C19H21BrO4. The maximum absolute atomic E-state index is 9.23. The predicted octanol–water partition coefficient (Wildman–Crippen LogP) is 3.71. The highest BCUT2D eigenvalue weighted by atomic mass is 79.9. The summed E-state index contributed by atoms with van der Waals surface area (Å²) in [5.74, 6) is 2.81. The van der Waals surface area contributed by atoms with Gasteiger partial charge in [-0.3, -0.25) is 0 Å². The molecule has 2 aromatic carbocycles. The zero-order valence-corrected chi connectivity index (χ0v) is 15.0. The van der Waals surface area contributed by atoms with Crippen molar-refractivity contribution < 1.29 is 19.7 Å². The molecule has 0 radical (unpaired) electrons. The van der Waals surface area contributed by atoms with E-state index in [4.69, 9.17) is 9.47 Å². The van der Waals surface area contributed by atoms with E-state index in [0.717, 1.165) is 33.2 Å². The summed E-state index contributed by atoms with van der Waals surface area (Å²) in [6.45, 7) is 0.581. The summed E-state index contributed by atoms with van der Waals surface area (Å²) in [5.41, 5.74) is 2.52. The van der Waals surface area contributed by atoms with Crippen LogP contribution in [0.3, 0.4) is 0 Å². The quantitative estimate of drug-likeness (QED) is 0.786. The number of aliphatic hydroxyl groups excluding tert-OH is 2. The lowest BCUT2D eigenvalue weighted by atomic mass is 9.87. The maximum atomic E-state index is 9.23.